The van der Waals surface area contributed by atoms with E-state index in [4.69, 9.17) is 5.11 Å². The second kappa shape index (κ2) is 7.67. The van der Waals surface area contributed by atoms with Gasteiger partial charge in [-0.05, 0) is 45.4 Å². The van der Waals surface area contributed by atoms with Gasteiger partial charge in [0.15, 0.2) is 0 Å². The molecule has 0 aromatic heterocycles. The van der Waals surface area contributed by atoms with Crippen LogP contribution in [0.15, 0.2) is 0 Å². The van der Waals surface area contributed by atoms with Crippen molar-refractivity contribution >= 4 is 5.97 Å². The van der Waals surface area contributed by atoms with Gasteiger partial charge in [0.1, 0.15) is 0 Å². The van der Waals surface area contributed by atoms with Crippen LogP contribution in [0.5, 0.6) is 0 Å². The number of rotatable bonds is 6. The highest BCUT2D eigenvalue weighted by atomic mass is 16.4. The van der Waals surface area contributed by atoms with Gasteiger partial charge in [-0.3, -0.25) is 4.79 Å². The zero-order valence-corrected chi connectivity index (χ0v) is 11.2. The molecule has 4 nitrogen and oxygen atoms in total. The Labute approximate surface area is 105 Å². The molecule has 100 valence electrons. The monoisotopic (exact) mass is 242 g/mol. The van der Waals surface area contributed by atoms with E-state index < -0.39 is 5.97 Å². The van der Waals surface area contributed by atoms with Gasteiger partial charge in [0.25, 0.3) is 0 Å². The van der Waals surface area contributed by atoms with Crippen LogP contribution in [-0.4, -0.2) is 59.6 Å². The maximum Gasteiger partial charge on any atom is 0.304 e. The average Bonchev–Trinajstić information content (AvgIpc) is 2.55. The summed E-state index contributed by atoms with van der Waals surface area (Å²) in [5.74, 6) is -0.688. The fraction of sp³-hybridized carbons (Fsp3) is 0.923. The molecule has 0 saturated carbocycles. The van der Waals surface area contributed by atoms with Crippen LogP contribution in [0, 0.1) is 0 Å². The Balaban J connectivity index is 2.42. The molecule has 1 saturated heterocycles. The molecule has 17 heavy (non-hydrogen) atoms. The minimum absolute atomic E-state index is 0.266. The van der Waals surface area contributed by atoms with Crippen molar-refractivity contribution in [3.63, 3.8) is 0 Å². The molecule has 1 unspecified atom stereocenters. The van der Waals surface area contributed by atoms with Gasteiger partial charge in [0.05, 0.1) is 6.42 Å². The number of nitrogens with zero attached hydrogens (tertiary/aromatic N) is 2. The fourth-order valence-electron chi connectivity index (χ4n) is 2.66. The summed E-state index contributed by atoms with van der Waals surface area (Å²) < 4.78 is 0. The standard InChI is InChI=1S/C13H26N2O2/c1-3-14-9-5-6-12(7-10-14)15(4-2)11-8-13(16)17/h12H,3-11H2,1-2H3,(H,16,17). The van der Waals surface area contributed by atoms with Crippen molar-refractivity contribution in [3.05, 3.63) is 0 Å². The normalized spacial score (nSPS) is 22.6. The molecule has 0 aliphatic carbocycles. The van der Waals surface area contributed by atoms with Gasteiger partial charge >= 0.3 is 5.97 Å². The Morgan fingerprint density at radius 1 is 1.35 bits per heavy atom. The second-order valence-corrected chi connectivity index (χ2v) is 4.79. The zero-order chi connectivity index (χ0) is 12.7. The quantitative estimate of drug-likeness (QED) is 0.769. The third kappa shape index (κ3) is 5.04. The number of carboxylic acid groups (broad SMARTS) is 1. The summed E-state index contributed by atoms with van der Waals surface area (Å²) in [6, 6.07) is 0.580. The van der Waals surface area contributed by atoms with Crippen LogP contribution in [0.3, 0.4) is 0 Å². The summed E-state index contributed by atoms with van der Waals surface area (Å²) in [4.78, 5) is 15.5. The number of carboxylic acids is 1. The lowest BCUT2D eigenvalue weighted by atomic mass is 10.1. The topological polar surface area (TPSA) is 43.8 Å². The first-order valence-corrected chi connectivity index (χ1v) is 6.85. The lowest BCUT2D eigenvalue weighted by molar-refractivity contribution is -0.137. The van der Waals surface area contributed by atoms with Gasteiger partial charge in [-0.2, -0.15) is 0 Å². The Morgan fingerprint density at radius 3 is 2.71 bits per heavy atom. The molecule has 0 bridgehead atoms. The molecule has 0 amide bonds. The smallest absolute Gasteiger partial charge is 0.304 e. The molecule has 1 fully saturated rings. The highest BCUT2D eigenvalue weighted by molar-refractivity contribution is 5.66. The third-order valence-corrected chi connectivity index (χ3v) is 3.77. The first kappa shape index (κ1) is 14.5. The van der Waals surface area contributed by atoms with Crippen LogP contribution in [0.1, 0.15) is 39.5 Å². The lowest BCUT2D eigenvalue weighted by Gasteiger charge is -2.29. The number of likely N-dealkylation sites (tertiary alicyclic amines) is 1. The van der Waals surface area contributed by atoms with Crippen molar-refractivity contribution < 1.29 is 9.90 Å². The molecule has 1 atom stereocenters. The zero-order valence-electron chi connectivity index (χ0n) is 11.2. The van der Waals surface area contributed by atoms with Gasteiger partial charge in [-0.1, -0.05) is 13.8 Å². The van der Waals surface area contributed by atoms with Gasteiger partial charge in [0, 0.05) is 12.6 Å². The van der Waals surface area contributed by atoms with Crippen LogP contribution in [0.4, 0.5) is 0 Å². The SMILES string of the molecule is CCN1CCCC(N(CC)CCC(=O)O)CC1. The molecule has 0 aromatic rings. The minimum Gasteiger partial charge on any atom is -0.481 e. The molecule has 1 aliphatic rings. The van der Waals surface area contributed by atoms with Crippen molar-refractivity contribution in [2.45, 2.75) is 45.6 Å². The summed E-state index contributed by atoms with van der Waals surface area (Å²) in [6.45, 7) is 9.49. The van der Waals surface area contributed by atoms with Crippen LogP contribution in [0.25, 0.3) is 0 Å². The summed E-state index contributed by atoms with van der Waals surface area (Å²) in [5.41, 5.74) is 0. The van der Waals surface area contributed by atoms with Gasteiger partial charge in [0.2, 0.25) is 0 Å². The summed E-state index contributed by atoms with van der Waals surface area (Å²) in [7, 11) is 0. The first-order chi connectivity index (χ1) is 8.17. The van der Waals surface area contributed by atoms with E-state index in [1.54, 1.807) is 0 Å². The largest absolute Gasteiger partial charge is 0.481 e. The average molecular weight is 242 g/mol. The van der Waals surface area contributed by atoms with Crippen molar-refractivity contribution in [1.29, 1.82) is 0 Å². The predicted octanol–water partition coefficient (Wildman–Crippen LogP) is 1.66. The predicted molar refractivity (Wildman–Crippen MR) is 69.3 cm³/mol. The van der Waals surface area contributed by atoms with E-state index in [-0.39, 0.29) is 6.42 Å². The third-order valence-electron chi connectivity index (χ3n) is 3.77. The number of hydrogen-bond donors (Lipinski definition) is 1. The Bertz CT molecular complexity index is 233. The van der Waals surface area contributed by atoms with E-state index in [2.05, 4.69) is 23.6 Å². The highest BCUT2D eigenvalue weighted by Gasteiger charge is 2.21. The molecule has 1 aliphatic heterocycles. The van der Waals surface area contributed by atoms with E-state index in [9.17, 15) is 4.79 Å². The number of carbonyl (C=O) groups is 1. The highest BCUT2D eigenvalue weighted by Crippen LogP contribution is 2.16. The van der Waals surface area contributed by atoms with Gasteiger partial charge in [-0.25, -0.2) is 0 Å². The molecule has 0 aromatic carbocycles. The molecule has 0 spiro atoms. The van der Waals surface area contributed by atoms with E-state index in [0.29, 0.717) is 12.6 Å². The van der Waals surface area contributed by atoms with Gasteiger partial charge in [-0.15, -0.1) is 0 Å². The molecule has 1 N–H and O–H groups in total. The Kier molecular flexibility index (Phi) is 6.52. The molecule has 1 heterocycles. The van der Waals surface area contributed by atoms with Crippen molar-refractivity contribution in [2.24, 2.45) is 0 Å². The maximum atomic E-state index is 10.6. The fourth-order valence-corrected chi connectivity index (χ4v) is 2.66. The van der Waals surface area contributed by atoms with Crippen LogP contribution >= 0.6 is 0 Å². The molecule has 1 rings (SSSR count). The van der Waals surface area contributed by atoms with Crippen molar-refractivity contribution in [1.82, 2.24) is 9.80 Å². The lowest BCUT2D eigenvalue weighted by Crippen LogP contribution is -2.37. The van der Waals surface area contributed by atoms with E-state index in [0.717, 1.165) is 19.6 Å². The second-order valence-electron chi connectivity index (χ2n) is 4.79. The number of aliphatic carboxylic acids is 1. The van der Waals surface area contributed by atoms with Gasteiger partial charge < -0.3 is 14.9 Å². The van der Waals surface area contributed by atoms with Crippen LogP contribution in [0.2, 0.25) is 0 Å². The van der Waals surface area contributed by atoms with Crippen molar-refractivity contribution in [3.8, 4) is 0 Å². The van der Waals surface area contributed by atoms with E-state index in [1.165, 1.54) is 25.8 Å². The first-order valence-electron chi connectivity index (χ1n) is 6.85. The molecular formula is C13H26N2O2. The van der Waals surface area contributed by atoms with Crippen LogP contribution in [-0.2, 0) is 4.79 Å². The summed E-state index contributed by atoms with van der Waals surface area (Å²) >= 11 is 0. The maximum absolute atomic E-state index is 10.6. The molecule has 0 radical (unpaired) electrons. The Morgan fingerprint density at radius 2 is 2.12 bits per heavy atom. The minimum atomic E-state index is -0.688. The molecule has 4 heteroatoms. The Hall–Kier alpha value is -0.610. The summed E-state index contributed by atoms with van der Waals surface area (Å²) in [6.07, 6.45) is 3.90. The van der Waals surface area contributed by atoms with Crippen molar-refractivity contribution in [2.75, 3.05) is 32.7 Å². The summed E-state index contributed by atoms with van der Waals surface area (Å²) in [5, 5.41) is 8.76. The molecular weight excluding hydrogens is 216 g/mol. The van der Waals surface area contributed by atoms with Crippen LogP contribution < -0.4 is 0 Å². The van der Waals surface area contributed by atoms with E-state index >= 15 is 0 Å². The van der Waals surface area contributed by atoms with E-state index in [1.807, 2.05) is 0 Å². The number of hydrogen-bond acceptors (Lipinski definition) is 3.